The normalized spacial score (nSPS) is 10.6. The van der Waals surface area contributed by atoms with Crippen LogP contribution in [0.2, 0.25) is 5.02 Å². The van der Waals surface area contributed by atoms with E-state index in [-0.39, 0.29) is 5.69 Å². The second-order valence-electron chi connectivity index (χ2n) is 4.34. The molecule has 0 atom stereocenters. The van der Waals surface area contributed by atoms with Crippen molar-refractivity contribution in [2.75, 3.05) is 5.32 Å². The lowest BCUT2D eigenvalue weighted by Crippen LogP contribution is -1.91. The first-order valence-electron chi connectivity index (χ1n) is 6.07. The van der Waals surface area contributed by atoms with E-state index in [2.05, 4.69) is 20.6 Å². The predicted molar refractivity (Wildman–Crippen MR) is 83.5 cm³/mol. The summed E-state index contributed by atoms with van der Waals surface area (Å²) in [6, 6.07) is 6.04. The summed E-state index contributed by atoms with van der Waals surface area (Å²) in [5, 5.41) is 27.6. The van der Waals surface area contributed by atoms with Crippen LogP contribution in [0.4, 0.5) is 16.5 Å². The number of anilines is 2. The molecule has 112 valence electrons. The van der Waals surface area contributed by atoms with E-state index >= 15 is 0 Å². The number of aromatic nitrogens is 4. The quantitative estimate of drug-likeness (QED) is 0.580. The SMILES string of the molecule is Cn1cc(Cl)c(-c2nnc(Nc3ccc([N+](=O)[O-])cc3)s2)n1. The molecule has 3 aromatic rings. The number of halogens is 1. The Morgan fingerprint density at radius 2 is 2.05 bits per heavy atom. The molecule has 2 heterocycles. The molecule has 0 saturated carbocycles. The van der Waals surface area contributed by atoms with E-state index < -0.39 is 4.92 Å². The molecule has 10 heteroatoms. The topological polar surface area (TPSA) is 98.8 Å². The van der Waals surface area contributed by atoms with Gasteiger partial charge in [0, 0.05) is 31.1 Å². The Labute approximate surface area is 133 Å². The monoisotopic (exact) mass is 336 g/mol. The van der Waals surface area contributed by atoms with Crippen molar-refractivity contribution in [3.63, 3.8) is 0 Å². The molecule has 0 amide bonds. The van der Waals surface area contributed by atoms with Crippen molar-refractivity contribution in [1.29, 1.82) is 0 Å². The van der Waals surface area contributed by atoms with Crippen molar-refractivity contribution < 1.29 is 4.92 Å². The fraction of sp³-hybridized carbons (Fsp3) is 0.0833. The molecule has 1 N–H and O–H groups in total. The Bertz CT molecular complexity index is 829. The van der Waals surface area contributed by atoms with Crippen molar-refractivity contribution in [3.8, 4) is 10.7 Å². The fourth-order valence-electron chi connectivity index (χ4n) is 1.76. The molecule has 0 fully saturated rings. The highest BCUT2D eigenvalue weighted by Gasteiger charge is 2.14. The second-order valence-corrected chi connectivity index (χ2v) is 5.73. The Hall–Kier alpha value is -2.52. The summed E-state index contributed by atoms with van der Waals surface area (Å²) >= 11 is 7.36. The Morgan fingerprint density at radius 3 is 2.64 bits per heavy atom. The highest BCUT2D eigenvalue weighted by Crippen LogP contribution is 2.31. The van der Waals surface area contributed by atoms with Crippen molar-refractivity contribution in [2.45, 2.75) is 0 Å². The minimum atomic E-state index is -0.449. The first-order valence-corrected chi connectivity index (χ1v) is 7.27. The zero-order valence-corrected chi connectivity index (χ0v) is 12.8. The van der Waals surface area contributed by atoms with Crippen LogP contribution < -0.4 is 5.32 Å². The van der Waals surface area contributed by atoms with E-state index in [1.54, 1.807) is 30.1 Å². The van der Waals surface area contributed by atoms with Gasteiger partial charge in [0.05, 0.1) is 9.95 Å². The maximum atomic E-state index is 10.6. The molecule has 0 aliphatic heterocycles. The average molecular weight is 337 g/mol. The maximum absolute atomic E-state index is 10.6. The average Bonchev–Trinajstić information content (AvgIpc) is 3.06. The summed E-state index contributed by atoms with van der Waals surface area (Å²) in [4.78, 5) is 10.2. The molecule has 3 rings (SSSR count). The van der Waals surface area contributed by atoms with Gasteiger partial charge in [-0.25, -0.2) is 0 Å². The van der Waals surface area contributed by atoms with Crippen LogP contribution in [0.3, 0.4) is 0 Å². The summed E-state index contributed by atoms with van der Waals surface area (Å²) in [5.74, 6) is 0. The molecule has 0 aliphatic rings. The first kappa shape index (κ1) is 14.4. The zero-order chi connectivity index (χ0) is 15.7. The minimum absolute atomic E-state index is 0.0313. The molecule has 22 heavy (non-hydrogen) atoms. The number of nitro benzene ring substituents is 1. The van der Waals surface area contributed by atoms with Gasteiger partial charge >= 0.3 is 0 Å². The van der Waals surface area contributed by atoms with Gasteiger partial charge in [-0.1, -0.05) is 22.9 Å². The number of rotatable bonds is 4. The molecule has 0 bridgehead atoms. The van der Waals surface area contributed by atoms with Crippen LogP contribution in [-0.2, 0) is 7.05 Å². The maximum Gasteiger partial charge on any atom is 0.269 e. The van der Waals surface area contributed by atoms with Gasteiger partial charge in [0.2, 0.25) is 5.13 Å². The van der Waals surface area contributed by atoms with Gasteiger partial charge in [-0.15, -0.1) is 10.2 Å². The largest absolute Gasteiger partial charge is 0.330 e. The molecule has 1 aromatic carbocycles. The van der Waals surface area contributed by atoms with Gasteiger partial charge in [0.1, 0.15) is 5.69 Å². The number of nitro groups is 1. The van der Waals surface area contributed by atoms with Gasteiger partial charge in [-0.05, 0) is 12.1 Å². The molecule has 0 aliphatic carbocycles. The molecular formula is C12H9ClN6O2S. The third-order valence-corrected chi connectivity index (χ3v) is 3.86. The third-order valence-electron chi connectivity index (χ3n) is 2.74. The first-order chi connectivity index (χ1) is 10.5. The minimum Gasteiger partial charge on any atom is -0.330 e. The van der Waals surface area contributed by atoms with Crippen LogP contribution in [0.5, 0.6) is 0 Å². The van der Waals surface area contributed by atoms with E-state index in [1.807, 2.05) is 0 Å². The van der Waals surface area contributed by atoms with E-state index in [0.717, 1.165) is 0 Å². The van der Waals surface area contributed by atoms with Crippen molar-refractivity contribution in [2.24, 2.45) is 7.05 Å². The van der Waals surface area contributed by atoms with Crippen LogP contribution in [0, 0.1) is 10.1 Å². The summed E-state index contributed by atoms with van der Waals surface area (Å²) in [5.41, 5.74) is 1.28. The summed E-state index contributed by atoms with van der Waals surface area (Å²) in [7, 11) is 1.77. The van der Waals surface area contributed by atoms with Crippen molar-refractivity contribution in [1.82, 2.24) is 20.0 Å². The number of nitrogens with one attached hydrogen (secondary N) is 1. The molecule has 8 nitrogen and oxygen atoms in total. The van der Waals surface area contributed by atoms with Gasteiger partial charge in [0.15, 0.2) is 5.01 Å². The molecule has 2 aromatic heterocycles. The van der Waals surface area contributed by atoms with Crippen LogP contribution >= 0.6 is 22.9 Å². The molecule has 0 saturated heterocycles. The highest BCUT2D eigenvalue weighted by molar-refractivity contribution is 7.18. The summed E-state index contributed by atoms with van der Waals surface area (Å²) < 4.78 is 1.60. The predicted octanol–water partition coefficient (Wildman–Crippen LogP) is 3.24. The van der Waals surface area contributed by atoms with E-state index in [4.69, 9.17) is 11.6 Å². The Balaban J connectivity index is 1.79. The number of benzene rings is 1. The van der Waals surface area contributed by atoms with Crippen molar-refractivity contribution >= 4 is 39.4 Å². The summed E-state index contributed by atoms with van der Waals surface area (Å²) in [6.07, 6.45) is 1.68. The third kappa shape index (κ3) is 2.90. The van der Waals surface area contributed by atoms with Gasteiger partial charge in [0.25, 0.3) is 5.69 Å². The number of aryl methyl sites for hydroxylation is 1. The lowest BCUT2D eigenvalue weighted by molar-refractivity contribution is -0.384. The number of non-ortho nitro benzene ring substituents is 1. The second kappa shape index (κ2) is 5.70. The number of hydrogen-bond donors (Lipinski definition) is 1. The standard InChI is InChI=1S/C12H9ClN6O2S/c1-18-6-9(13)10(17-18)11-15-16-12(22-11)14-7-2-4-8(5-3-7)19(20)21/h2-6H,1H3,(H,14,16). The highest BCUT2D eigenvalue weighted by atomic mass is 35.5. The van der Waals surface area contributed by atoms with Gasteiger partial charge in [-0.2, -0.15) is 5.10 Å². The Kier molecular flexibility index (Phi) is 3.73. The molecule has 0 unspecified atom stereocenters. The zero-order valence-electron chi connectivity index (χ0n) is 11.2. The van der Waals surface area contributed by atoms with Gasteiger partial charge in [-0.3, -0.25) is 14.8 Å². The summed E-state index contributed by atoms with van der Waals surface area (Å²) in [6.45, 7) is 0. The lowest BCUT2D eigenvalue weighted by Gasteiger charge is -2.00. The van der Waals surface area contributed by atoms with Crippen LogP contribution in [-0.4, -0.2) is 24.9 Å². The van der Waals surface area contributed by atoms with E-state index in [0.29, 0.717) is 26.5 Å². The molecule has 0 spiro atoms. The number of nitrogens with zero attached hydrogens (tertiary/aromatic N) is 5. The molecular weight excluding hydrogens is 328 g/mol. The van der Waals surface area contributed by atoms with Crippen molar-refractivity contribution in [3.05, 3.63) is 45.6 Å². The fourth-order valence-corrected chi connectivity index (χ4v) is 2.85. The van der Waals surface area contributed by atoms with E-state index in [1.165, 1.54) is 23.5 Å². The number of hydrogen-bond acceptors (Lipinski definition) is 7. The van der Waals surface area contributed by atoms with Crippen LogP contribution in [0.15, 0.2) is 30.5 Å². The van der Waals surface area contributed by atoms with Gasteiger partial charge < -0.3 is 5.32 Å². The van der Waals surface area contributed by atoms with E-state index in [9.17, 15) is 10.1 Å². The van der Waals surface area contributed by atoms with Crippen LogP contribution in [0.1, 0.15) is 0 Å². The van der Waals surface area contributed by atoms with Crippen LogP contribution in [0.25, 0.3) is 10.7 Å². The Morgan fingerprint density at radius 1 is 1.32 bits per heavy atom. The lowest BCUT2D eigenvalue weighted by atomic mass is 10.3. The molecule has 0 radical (unpaired) electrons. The smallest absolute Gasteiger partial charge is 0.269 e.